The lowest BCUT2D eigenvalue weighted by Crippen LogP contribution is -2.17. The molecule has 1 aliphatic carbocycles. The summed E-state index contributed by atoms with van der Waals surface area (Å²) in [7, 11) is -3.21. The Morgan fingerprint density at radius 2 is 2.17 bits per heavy atom. The molecule has 5 heteroatoms. The van der Waals surface area contributed by atoms with Gasteiger partial charge in [-0.05, 0) is 37.5 Å². The van der Waals surface area contributed by atoms with Gasteiger partial charge in [0.25, 0.3) is 0 Å². The van der Waals surface area contributed by atoms with Gasteiger partial charge < -0.3 is 5.73 Å². The maximum atomic E-state index is 11.8. The molecular weight excluding hydrogens is 248 g/mol. The highest BCUT2D eigenvalue weighted by Crippen LogP contribution is 2.30. The minimum atomic E-state index is -3.21. The molecule has 1 fully saturated rings. The highest BCUT2D eigenvalue weighted by molar-refractivity contribution is 7.93. The van der Waals surface area contributed by atoms with E-state index in [0.717, 1.165) is 24.0 Å². The van der Waals surface area contributed by atoms with Gasteiger partial charge in [-0.15, -0.1) is 0 Å². The third kappa shape index (κ3) is 3.03. The maximum absolute atomic E-state index is 11.8. The normalized spacial score (nSPS) is 14.8. The van der Waals surface area contributed by atoms with Crippen LogP contribution in [-0.4, -0.2) is 20.2 Å². The molecule has 0 aromatic heterocycles. The van der Waals surface area contributed by atoms with Crippen molar-refractivity contribution in [3.05, 3.63) is 29.3 Å². The number of nitrogens with two attached hydrogens (primary N) is 1. The van der Waals surface area contributed by atoms with Crippen LogP contribution in [0.4, 0.5) is 5.69 Å². The molecule has 0 radical (unpaired) electrons. The first-order valence-electron chi connectivity index (χ1n) is 5.84. The second-order valence-electron chi connectivity index (χ2n) is 4.38. The van der Waals surface area contributed by atoms with Gasteiger partial charge in [0.2, 0.25) is 10.0 Å². The van der Waals surface area contributed by atoms with E-state index in [1.807, 2.05) is 13.0 Å². The molecule has 0 amide bonds. The number of hydrogen-bond donors (Lipinski definition) is 2. The van der Waals surface area contributed by atoms with Crippen molar-refractivity contribution in [2.75, 3.05) is 11.3 Å². The third-order valence-electron chi connectivity index (χ3n) is 2.79. The van der Waals surface area contributed by atoms with E-state index in [1.54, 1.807) is 12.1 Å². The van der Waals surface area contributed by atoms with Crippen LogP contribution in [0, 0.1) is 18.8 Å². The first-order valence-corrected chi connectivity index (χ1v) is 7.39. The van der Waals surface area contributed by atoms with Gasteiger partial charge in [-0.1, -0.05) is 17.9 Å². The molecule has 1 aliphatic rings. The van der Waals surface area contributed by atoms with Crippen molar-refractivity contribution in [1.29, 1.82) is 0 Å². The Bertz CT molecular complexity index is 608. The maximum Gasteiger partial charge on any atom is 0.235 e. The number of nitrogens with one attached hydrogen (secondary N) is 1. The van der Waals surface area contributed by atoms with Crippen molar-refractivity contribution in [3.8, 4) is 11.8 Å². The Kier molecular flexibility index (Phi) is 3.60. The summed E-state index contributed by atoms with van der Waals surface area (Å²) in [4.78, 5) is 0. The second kappa shape index (κ2) is 5.01. The predicted molar refractivity (Wildman–Crippen MR) is 72.7 cm³/mol. The minimum Gasteiger partial charge on any atom is -0.320 e. The molecular formula is C13H16N2O2S. The molecule has 18 heavy (non-hydrogen) atoms. The number of rotatable bonds is 3. The largest absolute Gasteiger partial charge is 0.320 e. The van der Waals surface area contributed by atoms with Gasteiger partial charge in [0.15, 0.2) is 0 Å². The molecule has 0 bridgehead atoms. The monoisotopic (exact) mass is 264 g/mol. The molecule has 0 unspecified atom stereocenters. The van der Waals surface area contributed by atoms with Crippen molar-refractivity contribution in [3.63, 3.8) is 0 Å². The number of hydrogen-bond acceptors (Lipinski definition) is 3. The highest BCUT2D eigenvalue weighted by Gasteiger charge is 2.35. The fourth-order valence-electron chi connectivity index (χ4n) is 1.59. The lowest BCUT2D eigenvalue weighted by atomic mass is 10.1. The molecule has 4 nitrogen and oxygen atoms in total. The summed E-state index contributed by atoms with van der Waals surface area (Å²) in [6.07, 6.45) is 1.50. The standard InChI is InChI=1S/C13H16N2O2S/c1-10-4-5-12(9-11(10)3-2-8-14)15-18(16,17)13-6-7-13/h4-5,9,13,15H,6-8,14H2,1H3. The fourth-order valence-corrected chi connectivity index (χ4v) is 2.97. The van der Waals surface area contributed by atoms with Gasteiger partial charge in [-0.2, -0.15) is 0 Å². The van der Waals surface area contributed by atoms with Crippen molar-refractivity contribution in [1.82, 2.24) is 0 Å². The summed E-state index contributed by atoms with van der Waals surface area (Å²) in [5.41, 5.74) is 7.70. The van der Waals surface area contributed by atoms with Crippen LogP contribution in [-0.2, 0) is 10.0 Å². The number of benzene rings is 1. The lowest BCUT2D eigenvalue weighted by Gasteiger charge is -2.08. The van der Waals surface area contributed by atoms with Crippen LogP contribution in [0.5, 0.6) is 0 Å². The molecule has 0 aliphatic heterocycles. The minimum absolute atomic E-state index is 0.225. The van der Waals surface area contributed by atoms with Crippen LogP contribution in [0.1, 0.15) is 24.0 Å². The molecule has 1 saturated carbocycles. The zero-order valence-corrected chi connectivity index (χ0v) is 11.0. The van der Waals surface area contributed by atoms with E-state index in [0.29, 0.717) is 5.69 Å². The van der Waals surface area contributed by atoms with Crippen LogP contribution in [0.25, 0.3) is 0 Å². The number of aryl methyl sites for hydroxylation is 1. The molecule has 0 spiro atoms. The number of sulfonamides is 1. The summed E-state index contributed by atoms with van der Waals surface area (Å²) in [5.74, 6) is 5.70. The first kappa shape index (κ1) is 12.9. The quantitative estimate of drug-likeness (QED) is 0.806. The zero-order valence-electron chi connectivity index (χ0n) is 10.2. The van der Waals surface area contributed by atoms with E-state index >= 15 is 0 Å². The third-order valence-corrected chi connectivity index (χ3v) is 4.66. The van der Waals surface area contributed by atoms with Gasteiger partial charge >= 0.3 is 0 Å². The van der Waals surface area contributed by atoms with Crippen LogP contribution < -0.4 is 10.5 Å². The SMILES string of the molecule is Cc1ccc(NS(=O)(=O)C2CC2)cc1C#CCN. The van der Waals surface area contributed by atoms with Crippen LogP contribution >= 0.6 is 0 Å². The van der Waals surface area contributed by atoms with Crippen molar-refractivity contribution >= 4 is 15.7 Å². The Labute approximate surface area is 108 Å². The molecule has 0 saturated heterocycles. The van der Waals surface area contributed by atoms with E-state index in [4.69, 9.17) is 5.73 Å². The van der Waals surface area contributed by atoms with Crippen molar-refractivity contribution in [2.24, 2.45) is 5.73 Å². The lowest BCUT2D eigenvalue weighted by molar-refractivity contribution is 0.600. The molecule has 1 aromatic carbocycles. The number of anilines is 1. The first-order chi connectivity index (χ1) is 8.53. The van der Waals surface area contributed by atoms with Crippen LogP contribution in [0.3, 0.4) is 0 Å². The topological polar surface area (TPSA) is 72.2 Å². The fraction of sp³-hybridized carbons (Fsp3) is 0.385. The van der Waals surface area contributed by atoms with Gasteiger partial charge in [-0.3, -0.25) is 4.72 Å². The van der Waals surface area contributed by atoms with E-state index in [1.165, 1.54) is 0 Å². The van der Waals surface area contributed by atoms with Crippen LogP contribution in [0.2, 0.25) is 0 Å². The summed E-state index contributed by atoms with van der Waals surface area (Å²) >= 11 is 0. The molecule has 0 heterocycles. The van der Waals surface area contributed by atoms with Crippen molar-refractivity contribution in [2.45, 2.75) is 25.0 Å². The highest BCUT2D eigenvalue weighted by atomic mass is 32.2. The van der Waals surface area contributed by atoms with Gasteiger partial charge in [0.05, 0.1) is 11.8 Å². The molecule has 96 valence electrons. The molecule has 3 N–H and O–H groups in total. The summed E-state index contributed by atoms with van der Waals surface area (Å²) in [6.45, 7) is 2.22. The smallest absolute Gasteiger partial charge is 0.235 e. The zero-order chi connectivity index (χ0) is 13.2. The Hall–Kier alpha value is -1.51. The average Bonchev–Trinajstić information content (AvgIpc) is 3.13. The van der Waals surface area contributed by atoms with Crippen molar-refractivity contribution < 1.29 is 8.42 Å². The van der Waals surface area contributed by atoms with E-state index < -0.39 is 10.0 Å². The van der Waals surface area contributed by atoms with Gasteiger partial charge in [0.1, 0.15) is 0 Å². The summed E-state index contributed by atoms with van der Waals surface area (Å²) in [5, 5.41) is -0.225. The molecule has 0 atom stereocenters. The van der Waals surface area contributed by atoms with Crippen LogP contribution in [0.15, 0.2) is 18.2 Å². The Morgan fingerprint density at radius 1 is 1.44 bits per heavy atom. The molecule has 1 aromatic rings. The Balaban J connectivity index is 2.24. The van der Waals surface area contributed by atoms with E-state index in [-0.39, 0.29) is 11.8 Å². The molecule has 2 rings (SSSR count). The predicted octanol–water partition coefficient (Wildman–Crippen LogP) is 1.21. The summed E-state index contributed by atoms with van der Waals surface area (Å²) < 4.78 is 26.2. The van der Waals surface area contributed by atoms with E-state index in [2.05, 4.69) is 16.6 Å². The van der Waals surface area contributed by atoms with Gasteiger partial charge in [-0.25, -0.2) is 8.42 Å². The Morgan fingerprint density at radius 3 is 2.78 bits per heavy atom. The second-order valence-corrected chi connectivity index (χ2v) is 6.34. The van der Waals surface area contributed by atoms with Gasteiger partial charge in [0, 0.05) is 11.3 Å². The van der Waals surface area contributed by atoms with E-state index in [9.17, 15) is 8.42 Å². The average molecular weight is 264 g/mol. The summed E-state index contributed by atoms with van der Waals surface area (Å²) in [6, 6.07) is 5.35.